The molecule has 0 spiro atoms. The monoisotopic (exact) mass is 304 g/mol. The van der Waals surface area contributed by atoms with E-state index in [0.29, 0.717) is 12.3 Å². The molecule has 8 heteroatoms. The Kier molecular flexibility index (Phi) is 3.44. The summed E-state index contributed by atoms with van der Waals surface area (Å²) in [5, 5.41) is 3.51. The molecule has 3 heterocycles. The highest BCUT2D eigenvalue weighted by molar-refractivity contribution is 7.15. The van der Waals surface area contributed by atoms with Gasteiger partial charge in [-0.1, -0.05) is 0 Å². The van der Waals surface area contributed by atoms with Crippen molar-refractivity contribution < 1.29 is 9.21 Å². The van der Waals surface area contributed by atoms with Gasteiger partial charge in [0.05, 0.1) is 18.5 Å². The Bertz CT molecular complexity index is 813. The first-order valence-electron chi connectivity index (χ1n) is 6.19. The number of hydrogen-bond acceptors (Lipinski definition) is 5. The molecule has 0 aliphatic heterocycles. The van der Waals surface area contributed by atoms with Gasteiger partial charge in [0.1, 0.15) is 5.69 Å². The van der Waals surface area contributed by atoms with Gasteiger partial charge in [0.25, 0.3) is 5.91 Å². The number of furan rings is 1. The van der Waals surface area contributed by atoms with Crippen LogP contribution in [0.3, 0.4) is 0 Å². The Morgan fingerprint density at radius 3 is 3.05 bits per heavy atom. The standard InChI is InChI=1S/C13H12N4O3S/c1-7-10(21-12(16-7)9-3-2-4-20-9)6-14-11(18)8-5-15-13(19)17-8/h2-5H,6H2,1H3,(H,14,18)(H2,15,17,19). The van der Waals surface area contributed by atoms with Crippen LogP contribution in [0.15, 0.2) is 33.8 Å². The van der Waals surface area contributed by atoms with Crippen LogP contribution in [0.1, 0.15) is 21.1 Å². The van der Waals surface area contributed by atoms with Crippen molar-refractivity contribution in [3.8, 4) is 10.8 Å². The number of hydrogen-bond donors (Lipinski definition) is 3. The lowest BCUT2D eigenvalue weighted by atomic mass is 10.3. The van der Waals surface area contributed by atoms with Crippen molar-refractivity contribution in [2.45, 2.75) is 13.5 Å². The van der Waals surface area contributed by atoms with Gasteiger partial charge >= 0.3 is 5.69 Å². The summed E-state index contributed by atoms with van der Waals surface area (Å²) in [6.07, 6.45) is 2.93. The minimum atomic E-state index is -0.408. The zero-order valence-corrected chi connectivity index (χ0v) is 11.9. The molecule has 0 unspecified atom stereocenters. The fourth-order valence-electron chi connectivity index (χ4n) is 1.81. The average molecular weight is 304 g/mol. The van der Waals surface area contributed by atoms with E-state index in [2.05, 4.69) is 20.3 Å². The van der Waals surface area contributed by atoms with Gasteiger partial charge in [0, 0.05) is 11.1 Å². The Hall–Kier alpha value is -2.61. The van der Waals surface area contributed by atoms with Crippen LogP contribution in [0, 0.1) is 6.92 Å². The summed E-state index contributed by atoms with van der Waals surface area (Å²) in [4.78, 5) is 32.9. The smallest absolute Gasteiger partial charge is 0.323 e. The van der Waals surface area contributed by atoms with E-state index in [9.17, 15) is 9.59 Å². The largest absolute Gasteiger partial charge is 0.462 e. The maximum atomic E-state index is 11.8. The van der Waals surface area contributed by atoms with Crippen LogP contribution in [-0.2, 0) is 6.54 Å². The first-order valence-corrected chi connectivity index (χ1v) is 7.01. The SMILES string of the molecule is Cc1nc(-c2ccco2)sc1CNC(=O)c1c[nH]c(=O)[nH]1. The summed E-state index contributed by atoms with van der Waals surface area (Å²) in [6, 6.07) is 3.64. The molecular weight excluding hydrogens is 292 g/mol. The third-order valence-corrected chi connectivity index (χ3v) is 4.05. The highest BCUT2D eigenvalue weighted by Gasteiger charge is 2.13. The number of amides is 1. The van der Waals surface area contributed by atoms with Gasteiger partial charge in [-0.2, -0.15) is 0 Å². The highest BCUT2D eigenvalue weighted by atomic mass is 32.1. The maximum Gasteiger partial charge on any atom is 0.323 e. The fourth-order valence-corrected chi connectivity index (χ4v) is 2.78. The maximum absolute atomic E-state index is 11.8. The van der Waals surface area contributed by atoms with Gasteiger partial charge in [0.15, 0.2) is 10.8 Å². The van der Waals surface area contributed by atoms with Gasteiger partial charge in [-0.15, -0.1) is 11.3 Å². The minimum absolute atomic E-state index is 0.202. The summed E-state index contributed by atoms with van der Waals surface area (Å²) >= 11 is 1.46. The normalized spacial score (nSPS) is 10.7. The number of carbonyl (C=O) groups excluding carboxylic acids is 1. The van der Waals surface area contributed by atoms with E-state index < -0.39 is 5.69 Å². The van der Waals surface area contributed by atoms with E-state index in [4.69, 9.17) is 4.42 Å². The second-order valence-electron chi connectivity index (χ2n) is 4.34. The Morgan fingerprint density at radius 1 is 1.52 bits per heavy atom. The molecule has 21 heavy (non-hydrogen) atoms. The number of aromatic nitrogens is 3. The number of aromatic amines is 2. The van der Waals surface area contributed by atoms with E-state index in [0.717, 1.165) is 15.6 Å². The van der Waals surface area contributed by atoms with E-state index in [1.807, 2.05) is 13.0 Å². The third-order valence-electron chi connectivity index (χ3n) is 2.87. The molecule has 0 aromatic carbocycles. The molecule has 0 saturated heterocycles. The highest BCUT2D eigenvalue weighted by Crippen LogP contribution is 2.28. The van der Waals surface area contributed by atoms with Crippen LogP contribution in [0.2, 0.25) is 0 Å². The Balaban J connectivity index is 1.71. The number of imidazole rings is 1. The molecule has 1 amide bonds. The van der Waals surface area contributed by atoms with Crippen molar-refractivity contribution in [2.24, 2.45) is 0 Å². The molecule has 3 aromatic rings. The van der Waals surface area contributed by atoms with Gasteiger partial charge in [-0.3, -0.25) is 4.79 Å². The fraction of sp³-hybridized carbons (Fsp3) is 0.154. The third kappa shape index (κ3) is 2.79. The number of nitrogens with zero attached hydrogens (tertiary/aromatic N) is 1. The van der Waals surface area contributed by atoms with E-state index in [-0.39, 0.29) is 11.6 Å². The van der Waals surface area contributed by atoms with Gasteiger partial charge in [0.2, 0.25) is 0 Å². The quantitative estimate of drug-likeness (QED) is 0.682. The van der Waals surface area contributed by atoms with Crippen molar-refractivity contribution in [1.82, 2.24) is 20.3 Å². The average Bonchev–Trinajstić information content (AvgIpc) is 3.16. The molecule has 3 rings (SSSR count). The van der Waals surface area contributed by atoms with Crippen LogP contribution in [0.4, 0.5) is 0 Å². The van der Waals surface area contributed by atoms with Crippen LogP contribution < -0.4 is 11.0 Å². The molecule has 3 aromatic heterocycles. The summed E-state index contributed by atoms with van der Waals surface area (Å²) in [5.74, 6) is 0.358. The number of aryl methyl sites for hydroxylation is 1. The molecule has 0 bridgehead atoms. The van der Waals surface area contributed by atoms with Gasteiger partial charge in [-0.05, 0) is 19.1 Å². The van der Waals surface area contributed by atoms with E-state index in [1.54, 1.807) is 12.3 Å². The molecule has 3 N–H and O–H groups in total. The minimum Gasteiger partial charge on any atom is -0.462 e. The molecule has 0 aliphatic rings. The molecule has 0 saturated carbocycles. The predicted molar refractivity (Wildman–Crippen MR) is 77.1 cm³/mol. The number of nitrogens with one attached hydrogen (secondary N) is 3. The second-order valence-corrected chi connectivity index (χ2v) is 5.43. The van der Waals surface area contributed by atoms with Crippen LogP contribution in [0.5, 0.6) is 0 Å². The Labute approximate surface area is 123 Å². The van der Waals surface area contributed by atoms with E-state index in [1.165, 1.54) is 17.5 Å². The molecule has 0 aliphatic carbocycles. The number of rotatable bonds is 4. The van der Waals surface area contributed by atoms with Crippen molar-refractivity contribution in [1.29, 1.82) is 0 Å². The molecule has 108 valence electrons. The van der Waals surface area contributed by atoms with Crippen LogP contribution in [0.25, 0.3) is 10.8 Å². The predicted octanol–water partition coefficient (Wildman–Crippen LogP) is 1.66. The zero-order valence-electron chi connectivity index (χ0n) is 11.1. The molecule has 0 radical (unpaired) electrons. The summed E-state index contributed by atoms with van der Waals surface area (Å²) in [5.41, 5.74) is 0.636. The number of carbonyl (C=O) groups is 1. The van der Waals surface area contributed by atoms with Crippen LogP contribution >= 0.6 is 11.3 Å². The second kappa shape index (κ2) is 5.41. The first kappa shape index (κ1) is 13.4. The summed E-state index contributed by atoms with van der Waals surface area (Å²) < 4.78 is 5.30. The molecule has 0 fully saturated rings. The number of thiazole rings is 1. The number of H-pyrrole nitrogens is 2. The topological polar surface area (TPSA) is 104 Å². The Morgan fingerprint density at radius 2 is 2.38 bits per heavy atom. The summed E-state index contributed by atoms with van der Waals surface area (Å²) in [7, 11) is 0. The van der Waals surface area contributed by atoms with Crippen molar-refractivity contribution in [2.75, 3.05) is 0 Å². The van der Waals surface area contributed by atoms with Gasteiger partial charge < -0.3 is 19.7 Å². The van der Waals surface area contributed by atoms with Crippen molar-refractivity contribution in [3.05, 3.63) is 51.3 Å². The summed E-state index contributed by atoms with van der Waals surface area (Å²) in [6.45, 7) is 2.22. The van der Waals surface area contributed by atoms with Crippen LogP contribution in [-0.4, -0.2) is 20.9 Å². The lowest BCUT2D eigenvalue weighted by molar-refractivity contribution is 0.0946. The lowest BCUT2D eigenvalue weighted by Crippen LogP contribution is -2.23. The first-order chi connectivity index (χ1) is 10.1. The zero-order chi connectivity index (χ0) is 14.8. The molecule has 0 atom stereocenters. The van der Waals surface area contributed by atoms with Crippen molar-refractivity contribution in [3.63, 3.8) is 0 Å². The molecule has 7 nitrogen and oxygen atoms in total. The van der Waals surface area contributed by atoms with Gasteiger partial charge in [-0.25, -0.2) is 9.78 Å². The lowest BCUT2D eigenvalue weighted by Gasteiger charge is -2.01. The van der Waals surface area contributed by atoms with Crippen molar-refractivity contribution >= 4 is 17.2 Å². The molecular formula is C13H12N4O3S. The van der Waals surface area contributed by atoms with E-state index >= 15 is 0 Å².